The average molecular weight is 590 g/mol. The lowest BCUT2D eigenvalue weighted by atomic mass is 9.77. The summed E-state index contributed by atoms with van der Waals surface area (Å²) in [5, 5.41) is 13.3. The first-order valence-electron chi connectivity index (χ1n) is 14.7. The molecule has 1 atom stereocenters. The highest BCUT2D eigenvalue weighted by atomic mass is 16.6. The van der Waals surface area contributed by atoms with Crippen molar-refractivity contribution in [2.75, 3.05) is 0 Å². The molecule has 0 fully saturated rings. The molecular formula is C38H27N3O4. The van der Waals surface area contributed by atoms with Crippen molar-refractivity contribution in [1.29, 1.82) is 0 Å². The number of benzene rings is 4. The molecule has 3 aromatic heterocycles. The Morgan fingerprint density at radius 2 is 1.38 bits per heavy atom. The van der Waals surface area contributed by atoms with Crippen LogP contribution < -0.4 is 0 Å². The van der Waals surface area contributed by atoms with Gasteiger partial charge in [0.2, 0.25) is 5.60 Å². The third-order valence-corrected chi connectivity index (χ3v) is 9.07. The van der Waals surface area contributed by atoms with Crippen molar-refractivity contribution in [3.05, 3.63) is 166 Å². The molecule has 0 N–H and O–H groups in total. The zero-order valence-corrected chi connectivity index (χ0v) is 24.6. The van der Waals surface area contributed by atoms with E-state index in [2.05, 4.69) is 15.9 Å². The van der Waals surface area contributed by atoms with Gasteiger partial charge in [0.15, 0.2) is 0 Å². The summed E-state index contributed by atoms with van der Waals surface area (Å²) >= 11 is 0. The maximum absolute atomic E-state index is 14.2. The molecule has 0 saturated carbocycles. The fourth-order valence-electron chi connectivity index (χ4n) is 7.28. The first-order valence-corrected chi connectivity index (χ1v) is 14.7. The highest BCUT2D eigenvalue weighted by molar-refractivity contribution is 6.04. The van der Waals surface area contributed by atoms with Gasteiger partial charge in [-0.1, -0.05) is 97.1 Å². The predicted octanol–water partition coefficient (Wildman–Crippen LogP) is 8.44. The monoisotopic (exact) mass is 589 g/mol. The Labute approximate surface area is 258 Å². The van der Waals surface area contributed by atoms with Gasteiger partial charge >= 0.3 is 5.97 Å². The van der Waals surface area contributed by atoms with Gasteiger partial charge in [-0.25, -0.2) is 4.79 Å². The molecule has 0 spiro atoms. The smallest absolute Gasteiger partial charge is 0.347 e. The minimum absolute atomic E-state index is 0.0306. The second-order valence-corrected chi connectivity index (χ2v) is 11.4. The van der Waals surface area contributed by atoms with Crippen molar-refractivity contribution in [2.24, 2.45) is 7.05 Å². The number of para-hydroxylation sites is 1. The molecule has 1 aliphatic heterocycles. The van der Waals surface area contributed by atoms with E-state index < -0.39 is 16.5 Å². The Morgan fingerprint density at radius 1 is 0.733 bits per heavy atom. The summed E-state index contributed by atoms with van der Waals surface area (Å²) in [6, 6.07) is 38.9. The van der Waals surface area contributed by atoms with Crippen LogP contribution in [0.3, 0.4) is 0 Å². The van der Waals surface area contributed by atoms with Crippen LogP contribution in [0.4, 0.5) is 5.69 Å². The Kier molecular flexibility index (Phi) is 5.80. The number of cyclic esters (lactones) is 1. The lowest BCUT2D eigenvalue weighted by Crippen LogP contribution is -2.32. The van der Waals surface area contributed by atoms with E-state index in [-0.39, 0.29) is 11.3 Å². The molecule has 1 unspecified atom stereocenters. The van der Waals surface area contributed by atoms with Gasteiger partial charge in [0, 0.05) is 52.4 Å². The molecule has 0 saturated heterocycles. The molecule has 218 valence electrons. The summed E-state index contributed by atoms with van der Waals surface area (Å²) in [4.78, 5) is 26.1. The number of hydrogen-bond acceptors (Lipinski definition) is 4. The van der Waals surface area contributed by atoms with Crippen LogP contribution in [0, 0.1) is 17.0 Å². The number of hydrogen-bond donors (Lipinski definition) is 0. The third kappa shape index (κ3) is 3.61. The van der Waals surface area contributed by atoms with Crippen LogP contribution >= 0.6 is 0 Å². The first-order chi connectivity index (χ1) is 21.9. The normalized spacial score (nSPS) is 15.8. The molecule has 45 heavy (non-hydrogen) atoms. The van der Waals surface area contributed by atoms with Crippen molar-refractivity contribution < 1.29 is 14.5 Å². The number of nitro groups is 1. The van der Waals surface area contributed by atoms with Crippen LogP contribution in [0.15, 0.2) is 128 Å². The van der Waals surface area contributed by atoms with Gasteiger partial charge in [0.05, 0.1) is 16.3 Å². The Bertz CT molecular complexity index is 2190. The van der Waals surface area contributed by atoms with Crippen LogP contribution in [0.1, 0.15) is 32.7 Å². The maximum Gasteiger partial charge on any atom is 0.347 e. The molecule has 7 heteroatoms. The number of aromatic nitrogens is 2. The fourth-order valence-corrected chi connectivity index (χ4v) is 7.28. The second kappa shape index (κ2) is 9.79. The SMILES string of the molecule is Cc1c(-c2ccccc2)c(C2(c3c(-c4ccccc4)n(C)c4ccccc34)OC(=O)c3c([N+](=O)[O-])cccc32)n2ccccc12. The van der Waals surface area contributed by atoms with Crippen molar-refractivity contribution in [3.63, 3.8) is 0 Å². The third-order valence-electron chi connectivity index (χ3n) is 9.07. The van der Waals surface area contributed by atoms with E-state index in [0.717, 1.165) is 49.9 Å². The highest BCUT2D eigenvalue weighted by Crippen LogP contribution is 2.57. The van der Waals surface area contributed by atoms with Crippen molar-refractivity contribution in [1.82, 2.24) is 8.97 Å². The molecule has 4 aromatic carbocycles. The number of fused-ring (bicyclic) bond motifs is 3. The number of esters is 1. The summed E-state index contributed by atoms with van der Waals surface area (Å²) in [5.41, 5.74) is 6.56. The Balaban J connectivity index is 1.66. The molecule has 0 radical (unpaired) electrons. The van der Waals surface area contributed by atoms with E-state index in [9.17, 15) is 14.9 Å². The van der Waals surface area contributed by atoms with E-state index >= 15 is 0 Å². The minimum atomic E-state index is -1.56. The van der Waals surface area contributed by atoms with Crippen LogP contribution in [0.25, 0.3) is 38.8 Å². The number of pyridine rings is 1. The highest BCUT2D eigenvalue weighted by Gasteiger charge is 2.56. The van der Waals surface area contributed by atoms with Gasteiger partial charge in [-0.05, 0) is 41.8 Å². The van der Waals surface area contributed by atoms with Gasteiger partial charge in [-0.2, -0.15) is 0 Å². The van der Waals surface area contributed by atoms with Gasteiger partial charge in [-0.15, -0.1) is 0 Å². The molecule has 0 aliphatic carbocycles. The van der Waals surface area contributed by atoms with Crippen LogP contribution in [0.5, 0.6) is 0 Å². The summed E-state index contributed by atoms with van der Waals surface area (Å²) in [7, 11) is 2.01. The predicted molar refractivity (Wildman–Crippen MR) is 174 cm³/mol. The number of rotatable bonds is 5. The quantitative estimate of drug-likeness (QED) is 0.115. The van der Waals surface area contributed by atoms with E-state index in [1.165, 1.54) is 6.07 Å². The van der Waals surface area contributed by atoms with Crippen molar-refractivity contribution in [3.8, 4) is 22.4 Å². The van der Waals surface area contributed by atoms with E-state index in [4.69, 9.17) is 4.74 Å². The largest absolute Gasteiger partial charge is 0.439 e. The number of carbonyl (C=O) groups excluding carboxylic acids is 1. The van der Waals surface area contributed by atoms with Crippen molar-refractivity contribution in [2.45, 2.75) is 12.5 Å². The lowest BCUT2D eigenvalue weighted by Gasteiger charge is -2.32. The molecule has 4 heterocycles. The Morgan fingerprint density at radius 3 is 2.11 bits per heavy atom. The van der Waals surface area contributed by atoms with Gasteiger partial charge in [0.1, 0.15) is 5.56 Å². The van der Waals surface area contributed by atoms with Crippen LogP contribution in [0.2, 0.25) is 0 Å². The maximum atomic E-state index is 14.2. The standard InChI is InChI=1S/C38H27N3O4/c1-24-29-20-11-12-23-40(29)36(32(24)25-14-5-3-6-15-25)38(28-19-13-22-31(41(43)44)33(28)37(42)45-38)34-27-18-9-10-21-30(27)39(2)35(34)26-16-7-4-8-17-26/h3-23H,1-2H3. The zero-order chi connectivity index (χ0) is 30.9. The first kappa shape index (κ1) is 26.7. The number of nitro benzene ring substituents is 1. The summed E-state index contributed by atoms with van der Waals surface area (Å²) < 4.78 is 11.0. The summed E-state index contributed by atoms with van der Waals surface area (Å²) in [5.74, 6) is -0.730. The average Bonchev–Trinajstić information content (AvgIpc) is 3.67. The topological polar surface area (TPSA) is 78.8 Å². The molecule has 0 amide bonds. The van der Waals surface area contributed by atoms with Crippen LogP contribution in [-0.2, 0) is 17.4 Å². The Hall–Kier alpha value is -5.95. The molecule has 7 nitrogen and oxygen atoms in total. The fraction of sp³-hybridized carbons (Fsp3) is 0.0789. The number of ether oxygens (including phenoxy) is 1. The van der Waals surface area contributed by atoms with Gasteiger partial charge in [-0.3, -0.25) is 10.1 Å². The van der Waals surface area contributed by atoms with E-state index in [1.807, 2.05) is 116 Å². The van der Waals surface area contributed by atoms with E-state index in [1.54, 1.807) is 12.1 Å². The lowest BCUT2D eigenvalue weighted by molar-refractivity contribution is -0.385. The molecule has 1 aliphatic rings. The summed E-state index contributed by atoms with van der Waals surface area (Å²) in [6.07, 6.45) is 1.97. The zero-order valence-electron chi connectivity index (χ0n) is 24.6. The summed E-state index contributed by atoms with van der Waals surface area (Å²) in [6.45, 7) is 2.07. The van der Waals surface area contributed by atoms with Crippen LogP contribution in [-0.4, -0.2) is 19.9 Å². The minimum Gasteiger partial charge on any atom is -0.439 e. The second-order valence-electron chi connectivity index (χ2n) is 11.4. The molecule has 8 rings (SSSR count). The molecular weight excluding hydrogens is 562 g/mol. The number of aryl methyl sites for hydroxylation is 2. The van der Waals surface area contributed by atoms with Gasteiger partial charge < -0.3 is 13.7 Å². The number of nitrogens with zero attached hydrogens (tertiary/aromatic N) is 3. The number of carbonyl (C=O) groups is 1. The van der Waals surface area contributed by atoms with Gasteiger partial charge in [0.25, 0.3) is 5.69 Å². The molecule has 7 aromatic rings. The van der Waals surface area contributed by atoms with Crippen molar-refractivity contribution >= 4 is 28.1 Å². The van der Waals surface area contributed by atoms with E-state index in [0.29, 0.717) is 11.3 Å². The molecule has 0 bridgehead atoms.